The molecular formula is C28H28Cl2FN3O. The normalized spacial score (nSPS) is 11.2. The molecule has 0 spiro atoms. The number of pyridine rings is 1. The van der Waals surface area contributed by atoms with Gasteiger partial charge in [-0.15, -0.1) is 24.8 Å². The predicted molar refractivity (Wildman–Crippen MR) is 145 cm³/mol. The fourth-order valence-corrected chi connectivity index (χ4v) is 4.23. The summed E-state index contributed by atoms with van der Waals surface area (Å²) in [6.07, 6.45) is 3.42. The van der Waals surface area contributed by atoms with Crippen LogP contribution in [0.4, 0.5) is 10.1 Å². The third-order valence-corrected chi connectivity index (χ3v) is 5.81. The average Bonchev–Trinajstić information content (AvgIpc) is 2.82. The van der Waals surface area contributed by atoms with Crippen LogP contribution in [0.5, 0.6) is 0 Å². The summed E-state index contributed by atoms with van der Waals surface area (Å²) in [7, 11) is 0. The molecule has 35 heavy (non-hydrogen) atoms. The molecule has 0 aliphatic rings. The summed E-state index contributed by atoms with van der Waals surface area (Å²) in [5.41, 5.74) is 11.8. The van der Waals surface area contributed by atoms with Gasteiger partial charge >= 0.3 is 0 Å². The van der Waals surface area contributed by atoms with Gasteiger partial charge in [0.15, 0.2) is 0 Å². The van der Waals surface area contributed by atoms with Crippen molar-refractivity contribution in [2.45, 2.75) is 25.8 Å². The van der Waals surface area contributed by atoms with Gasteiger partial charge in [-0.3, -0.25) is 9.78 Å². The van der Waals surface area contributed by atoms with Gasteiger partial charge in [0, 0.05) is 29.6 Å². The lowest BCUT2D eigenvalue weighted by Gasteiger charge is -2.24. The van der Waals surface area contributed by atoms with Crippen LogP contribution in [0.3, 0.4) is 0 Å². The molecule has 0 aliphatic heterocycles. The van der Waals surface area contributed by atoms with E-state index in [1.54, 1.807) is 24.5 Å². The van der Waals surface area contributed by atoms with Gasteiger partial charge in [0.05, 0.1) is 6.04 Å². The summed E-state index contributed by atoms with van der Waals surface area (Å²) in [5, 5.41) is 2.79. The molecule has 0 bridgehead atoms. The fraction of sp³-hybridized carbons (Fsp3) is 0.143. The highest BCUT2D eigenvalue weighted by molar-refractivity contribution is 5.96. The minimum absolute atomic E-state index is 0. The van der Waals surface area contributed by atoms with Gasteiger partial charge in [0.25, 0.3) is 0 Å². The smallest absolute Gasteiger partial charge is 0.242 e. The Hall–Kier alpha value is -3.25. The van der Waals surface area contributed by atoms with Crippen molar-refractivity contribution in [2.24, 2.45) is 5.73 Å². The van der Waals surface area contributed by atoms with E-state index in [0.29, 0.717) is 11.3 Å². The highest BCUT2D eigenvalue weighted by Crippen LogP contribution is 2.31. The number of rotatable bonds is 6. The van der Waals surface area contributed by atoms with Gasteiger partial charge in [-0.1, -0.05) is 60.7 Å². The summed E-state index contributed by atoms with van der Waals surface area (Å²) < 4.78 is 15.0. The van der Waals surface area contributed by atoms with Crippen LogP contribution in [0.2, 0.25) is 0 Å². The van der Waals surface area contributed by atoms with Gasteiger partial charge in [-0.05, 0) is 59.9 Å². The largest absolute Gasteiger partial charge is 0.325 e. The minimum Gasteiger partial charge on any atom is -0.325 e. The van der Waals surface area contributed by atoms with Gasteiger partial charge in [-0.25, -0.2) is 4.39 Å². The second-order valence-corrected chi connectivity index (χ2v) is 8.16. The van der Waals surface area contributed by atoms with Crippen LogP contribution >= 0.6 is 24.8 Å². The van der Waals surface area contributed by atoms with Crippen LogP contribution in [0, 0.1) is 19.7 Å². The molecule has 0 fully saturated rings. The molecule has 4 aromatic rings. The van der Waals surface area contributed by atoms with E-state index in [0.717, 1.165) is 27.8 Å². The lowest BCUT2D eigenvalue weighted by atomic mass is 9.85. The molecule has 0 saturated carbocycles. The molecule has 1 heterocycles. The average molecular weight is 512 g/mol. The number of nitrogens with zero attached hydrogens (tertiary/aromatic N) is 1. The first-order chi connectivity index (χ1) is 16.0. The quantitative estimate of drug-likeness (QED) is 0.312. The monoisotopic (exact) mass is 511 g/mol. The fourth-order valence-electron chi connectivity index (χ4n) is 4.23. The van der Waals surface area contributed by atoms with Gasteiger partial charge < -0.3 is 11.1 Å². The van der Waals surface area contributed by atoms with Crippen LogP contribution in [0.1, 0.15) is 28.2 Å². The van der Waals surface area contributed by atoms with Gasteiger partial charge in [-0.2, -0.15) is 0 Å². The molecule has 3 aromatic carbocycles. The standard InChI is InChI=1S/C28H26FN3O.2ClH/c1-18-16-31-17-19(2)25(18)23-14-13-22(15-24(23)29)32-28(33)27(30)26(20-9-5-3-6-10-20)21-11-7-4-8-12-21;;/h3-17,26-27H,30H2,1-2H3,(H,32,33);2*1H/t27-;;/m0../s1. The number of carbonyl (C=O) groups is 1. The number of halogens is 3. The molecule has 7 heteroatoms. The number of nitrogens with one attached hydrogen (secondary N) is 1. The number of aromatic nitrogens is 1. The number of hydrogen-bond donors (Lipinski definition) is 2. The first-order valence-corrected chi connectivity index (χ1v) is 10.8. The van der Waals surface area contributed by atoms with Crippen molar-refractivity contribution in [1.29, 1.82) is 0 Å². The summed E-state index contributed by atoms with van der Waals surface area (Å²) in [6.45, 7) is 3.80. The van der Waals surface area contributed by atoms with Crippen LogP contribution in [0.25, 0.3) is 11.1 Å². The van der Waals surface area contributed by atoms with Crippen molar-refractivity contribution in [1.82, 2.24) is 4.98 Å². The van der Waals surface area contributed by atoms with Crippen LogP contribution in [-0.2, 0) is 4.79 Å². The number of benzene rings is 3. The highest BCUT2D eigenvalue weighted by Gasteiger charge is 2.28. The van der Waals surface area contributed by atoms with Crippen molar-refractivity contribution in [3.05, 3.63) is 119 Å². The number of aryl methyl sites for hydroxylation is 2. The Kier molecular flexibility index (Phi) is 9.96. The molecule has 0 saturated heterocycles. The summed E-state index contributed by atoms with van der Waals surface area (Å²) in [5.74, 6) is -1.13. The van der Waals surface area contributed by atoms with E-state index in [1.807, 2.05) is 74.5 Å². The van der Waals surface area contributed by atoms with E-state index in [1.165, 1.54) is 6.07 Å². The molecule has 3 N–H and O–H groups in total. The topological polar surface area (TPSA) is 68.0 Å². The maximum atomic E-state index is 15.0. The third-order valence-electron chi connectivity index (χ3n) is 5.81. The van der Waals surface area contributed by atoms with E-state index in [2.05, 4.69) is 10.3 Å². The summed E-state index contributed by atoms with van der Waals surface area (Å²) in [6, 6.07) is 23.2. The molecule has 4 nitrogen and oxygen atoms in total. The summed E-state index contributed by atoms with van der Waals surface area (Å²) >= 11 is 0. The SMILES string of the molecule is Cc1cncc(C)c1-c1ccc(NC(=O)[C@@H](N)C(c2ccccc2)c2ccccc2)cc1F.Cl.Cl. The van der Waals surface area contributed by atoms with Crippen LogP contribution < -0.4 is 11.1 Å². The molecule has 182 valence electrons. The zero-order valence-corrected chi connectivity index (χ0v) is 21.1. The second-order valence-electron chi connectivity index (χ2n) is 8.16. The number of anilines is 1. The molecule has 1 amide bonds. The Morgan fingerprint density at radius 3 is 1.86 bits per heavy atom. The Morgan fingerprint density at radius 2 is 1.37 bits per heavy atom. The van der Waals surface area contributed by atoms with Crippen molar-refractivity contribution < 1.29 is 9.18 Å². The molecular weight excluding hydrogens is 484 g/mol. The van der Waals surface area contributed by atoms with Gasteiger partial charge in [0.2, 0.25) is 5.91 Å². The number of hydrogen-bond acceptors (Lipinski definition) is 3. The molecule has 1 atom stereocenters. The first kappa shape index (κ1) is 28.0. The number of amides is 1. The Morgan fingerprint density at radius 1 is 0.857 bits per heavy atom. The van der Waals surface area contributed by atoms with Crippen LogP contribution in [-0.4, -0.2) is 16.9 Å². The van der Waals surface area contributed by atoms with E-state index in [-0.39, 0.29) is 36.6 Å². The maximum Gasteiger partial charge on any atom is 0.242 e. The highest BCUT2D eigenvalue weighted by atomic mass is 35.5. The lowest BCUT2D eigenvalue weighted by molar-refractivity contribution is -0.117. The third kappa shape index (κ3) is 6.25. The van der Waals surface area contributed by atoms with E-state index < -0.39 is 11.9 Å². The lowest BCUT2D eigenvalue weighted by Crippen LogP contribution is -2.41. The zero-order valence-electron chi connectivity index (χ0n) is 19.4. The van der Waals surface area contributed by atoms with Crippen LogP contribution in [0.15, 0.2) is 91.3 Å². The van der Waals surface area contributed by atoms with E-state index in [9.17, 15) is 4.79 Å². The Bertz CT molecular complexity index is 1210. The van der Waals surface area contributed by atoms with Crippen molar-refractivity contribution >= 4 is 36.4 Å². The van der Waals surface area contributed by atoms with Crippen molar-refractivity contribution in [2.75, 3.05) is 5.32 Å². The predicted octanol–water partition coefficient (Wildman–Crippen LogP) is 6.45. The molecule has 0 unspecified atom stereocenters. The van der Waals surface area contributed by atoms with E-state index >= 15 is 4.39 Å². The maximum absolute atomic E-state index is 15.0. The number of nitrogens with two attached hydrogens (primary N) is 1. The van der Waals surface area contributed by atoms with Gasteiger partial charge in [0.1, 0.15) is 5.82 Å². The Labute approximate surface area is 217 Å². The summed E-state index contributed by atoms with van der Waals surface area (Å²) in [4.78, 5) is 17.3. The minimum atomic E-state index is -0.859. The molecule has 0 aliphatic carbocycles. The molecule has 4 rings (SSSR count). The molecule has 0 radical (unpaired) electrons. The Balaban J connectivity index is 0.00000216. The number of carbonyl (C=O) groups excluding carboxylic acids is 1. The first-order valence-electron chi connectivity index (χ1n) is 10.8. The van der Waals surface area contributed by atoms with Crippen molar-refractivity contribution in [3.63, 3.8) is 0 Å². The second kappa shape index (κ2) is 12.5. The van der Waals surface area contributed by atoms with E-state index in [4.69, 9.17) is 5.73 Å². The van der Waals surface area contributed by atoms with Crippen molar-refractivity contribution in [3.8, 4) is 11.1 Å². The zero-order chi connectivity index (χ0) is 23.4. The molecule has 1 aromatic heterocycles.